The zero-order valence-electron chi connectivity index (χ0n) is 14.5. The monoisotopic (exact) mass is 340 g/mol. The van der Waals surface area contributed by atoms with Crippen LogP contribution in [0.15, 0.2) is 23.3 Å². The highest BCUT2D eigenvalue weighted by Crippen LogP contribution is 2.00. The van der Waals surface area contributed by atoms with Crippen LogP contribution in [-0.4, -0.2) is 50.5 Å². The van der Waals surface area contributed by atoms with E-state index in [0.717, 1.165) is 24.2 Å². The van der Waals surface area contributed by atoms with Gasteiger partial charge in [-0.2, -0.15) is 0 Å². The number of guanidine groups is 1. The van der Waals surface area contributed by atoms with Crippen LogP contribution in [0.4, 0.5) is 0 Å². The van der Waals surface area contributed by atoms with Gasteiger partial charge in [0.1, 0.15) is 9.84 Å². The Morgan fingerprint density at radius 1 is 1.39 bits per heavy atom. The standard InChI is InChI=1S/C16H28N4O2S/c1-5-17-16(20-14(3)9-11-23(4,21)22)18-10-8-15-7-6-13(2)19-12-15/h6-7,12,14H,5,8-11H2,1-4H3,(H2,17,18,20). The van der Waals surface area contributed by atoms with E-state index in [1.54, 1.807) is 0 Å². The van der Waals surface area contributed by atoms with Gasteiger partial charge in [0.25, 0.3) is 0 Å². The highest BCUT2D eigenvalue weighted by molar-refractivity contribution is 7.90. The predicted molar refractivity (Wildman–Crippen MR) is 95.6 cm³/mol. The Hall–Kier alpha value is -1.63. The Bertz CT molecular complexity index is 597. The van der Waals surface area contributed by atoms with Gasteiger partial charge in [-0.05, 0) is 45.2 Å². The maximum atomic E-state index is 11.2. The number of sulfone groups is 1. The zero-order valence-corrected chi connectivity index (χ0v) is 15.3. The van der Waals surface area contributed by atoms with Gasteiger partial charge in [-0.1, -0.05) is 6.07 Å². The summed E-state index contributed by atoms with van der Waals surface area (Å²) in [6, 6.07) is 4.10. The number of aliphatic imine (C=N–C) groups is 1. The second-order valence-electron chi connectivity index (χ2n) is 5.78. The van der Waals surface area contributed by atoms with E-state index in [0.29, 0.717) is 18.9 Å². The van der Waals surface area contributed by atoms with E-state index in [2.05, 4.69) is 26.7 Å². The second-order valence-corrected chi connectivity index (χ2v) is 8.04. The minimum atomic E-state index is -2.93. The largest absolute Gasteiger partial charge is 0.357 e. The van der Waals surface area contributed by atoms with Crippen molar-refractivity contribution in [2.75, 3.05) is 25.1 Å². The second kappa shape index (κ2) is 9.50. The van der Waals surface area contributed by atoms with Crippen LogP contribution >= 0.6 is 0 Å². The molecule has 1 rings (SSSR count). The quantitative estimate of drug-likeness (QED) is 0.551. The molecule has 0 amide bonds. The normalized spacial score (nSPS) is 13.7. The minimum Gasteiger partial charge on any atom is -0.357 e. The lowest BCUT2D eigenvalue weighted by Gasteiger charge is -2.17. The molecule has 1 atom stereocenters. The molecule has 7 heteroatoms. The number of rotatable bonds is 8. The molecule has 0 spiro atoms. The van der Waals surface area contributed by atoms with Crippen molar-refractivity contribution in [3.05, 3.63) is 29.6 Å². The van der Waals surface area contributed by atoms with E-state index in [1.165, 1.54) is 6.26 Å². The minimum absolute atomic E-state index is 0.0450. The Morgan fingerprint density at radius 2 is 2.13 bits per heavy atom. The lowest BCUT2D eigenvalue weighted by atomic mass is 10.2. The summed E-state index contributed by atoms with van der Waals surface area (Å²) in [5.41, 5.74) is 2.16. The van der Waals surface area contributed by atoms with E-state index >= 15 is 0 Å². The molecule has 6 nitrogen and oxygen atoms in total. The van der Waals surface area contributed by atoms with Gasteiger partial charge in [0.15, 0.2) is 5.96 Å². The van der Waals surface area contributed by atoms with Crippen LogP contribution in [0.1, 0.15) is 31.5 Å². The highest BCUT2D eigenvalue weighted by atomic mass is 32.2. The molecule has 130 valence electrons. The first-order valence-corrected chi connectivity index (χ1v) is 10.0. The smallest absolute Gasteiger partial charge is 0.191 e. The van der Waals surface area contributed by atoms with Gasteiger partial charge in [0, 0.05) is 37.3 Å². The van der Waals surface area contributed by atoms with Crippen molar-refractivity contribution >= 4 is 15.8 Å². The lowest BCUT2D eigenvalue weighted by molar-refractivity contribution is 0.581. The molecule has 1 unspecified atom stereocenters. The first-order chi connectivity index (χ1) is 10.8. The van der Waals surface area contributed by atoms with Crippen LogP contribution in [0.5, 0.6) is 0 Å². The van der Waals surface area contributed by atoms with Crippen molar-refractivity contribution in [3.63, 3.8) is 0 Å². The fourth-order valence-corrected chi connectivity index (χ4v) is 2.74. The Balaban J connectivity index is 2.50. The Labute approximate surface area is 139 Å². The van der Waals surface area contributed by atoms with Crippen LogP contribution in [-0.2, 0) is 16.3 Å². The van der Waals surface area contributed by atoms with Gasteiger partial charge in [-0.3, -0.25) is 9.98 Å². The summed E-state index contributed by atoms with van der Waals surface area (Å²) in [5.74, 6) is 0.892. The highest BCUT2D eigenvalue weighted by Gasteiger charge is 2.09. The van der Waals surface area contributed by atoms with Crippen LogP contribution in [0.3, 0.4) is 0 Å². The summed E-state index contributed by atoms with van der Waals surface area (Å²) in [6.45, 7) is 7.34. The first kappa shape index (κ1) is 19.4. The van der Waals surface area contributed by atoms with E-state index in [9.17, 15) is 8.42 Å². The lowest BCUT2D eigenvalue weighted by Crippen LogP contribution is -2.43. The summed E-state index contributed by atoms with van der Waals surface area (Å²) >= 11 is 0. The average molecular weight is 340 g/mol. The summed E-state index contributed by atoms with van der Waals surface area (Å²) in [6.07, 6.45) is 4.52. The predicted octanol–water partition coefficient (Wildman–Crippen LogP) is 1.31. The number of hydrogen-bond donors (Lipinski definition) is 2. The van der Waals surface area contributed by atoms with Gasteiger partial charge >= 0.3 is 0 Å². The molecule has 0 saturated carbocycles. The summed E-state index contributed by atoms with van der Waals surface area (Å²) < 4.78 is 22.4. The molecular formula is C16H28N4O2S. The number of hydrogen-bond acceptors (Lipinski definition) is 4. The SMILES string of the molecule is CCNC(=NCCc1ccc(C)nc1)NC(C)CCS(C)(=O)=O. The van der Waals surface area contributed by atoms with Crippen LogP contribution in [0.25, 0.3) is 0 Å². The maximum absolute atomic E-state index is 11.2. The molecule has 0 aliphatic heterocycles. The summed E-state index contributed by atoms with van der Waals surface area (Å²) in [7, 11) is -2.93. The summed E-state index contributed by atoms with van der Waals surface area (Å²) in [4.78, 5) is 8.81. The third kappa shape index (κ3) is 9.18. The van der Waals surface area contributed by atoms with Crippen molar-refractivity contribution in [1.29, 1.82) is 0 Å². The Kier molecular flexibility index (Phi) is 8.02. The maximum Gasteiger partial charge on any atom is 0.191 e. The summed E-state index contributed by atoms with van der Waals surface area (Å²) in [5, 5.41) is 6.42. The van der Waals surface area contributed by atoms with Crippen molar-refractivity contribution < 1.29 is 8.42 Å². The van der Waals surface area contributed by atoms with Crippen LogP contribution in [0, 0.1) is 6.92 Å². The van der Waals surface area contributed by atoms with Gasteiger partial charge < -0.3 is 10.6 Å². The topological polar surface area (TPSA) is 83.4 Å². The van der Waals surface area contributed by atoms with Crippen molar-refractivity contribution in [2.24, 2.45) is 4.99 Å². The number of aryl methyl sites for hydroxylation is 1. The zero-order chi connectivity index (χ0) is 17.3. The molecule has 0 aromatic carbocycles. The van der Waals surface area contributed by atoms with Crippen LogP contribution < -0.4 is 10.6 Å². The molecule has 2 N–H and O–H groups in total. The molecule has 23 heavy (non-hydrogen) atoms. The van der Waals surface area contributed by atoms with Crippen LogP contribution in [0.2, 0.25) is 0 Å². The van der Waals surface area contributed by atoms with E-state index < -0.39 is 9.84 Å². The number of aromatic nitrogens is 1. The molecule has 0 aliphatic rings. The number of pyridine rings is 1. The van der Waals surface area contributed by atoms with E-state index in [1.807, 2.05) is 33.0 Å². The van der Waals surface area contributed by atoms with Gasteiger partial charge in [-0.15, -0.1) is 0 Å². The fourth-order valence-electron chi connectivity index (χ4n) is 1.96. The third-order valence-corrected chi connectivity index (χ3v) is 4.27. The van der Waals surface area contributed by atoms with E-state index in [-0.39, 0.29) is 11.8 Å². The molecule has 0 fully saturated rings. The number of nitrogens with zero attached hydrogens (tertiary/aromatic N) is 2. The molecule has 1 aromatic rings. The van der Waals surface area contributed by atoms with Gasteiger partial charge in [0.05, 0.1) is 5.75 Å². The van der Waals surface area contributed by atoms with E-state index in [4.69, 9.17) is 0 Å². The third-order valence-electron chi connectivity index (χ3n) is 3.29. The molecular weight excluding hydrogens is 312 g/mol. The molecule has 0 saturated heterocycles. The molecule has 0 radical (unpaired) electrons. The van der Waals surface area contributed by atoms with Gasteiger partial charge in [0.2, 0.25) is 0 Å². The average Bonchev–Trinajstić information content (AvgIpc) is 2.47. The fraction of sp³-hybridized carbons (Fsp3) is 0.625. The van der Waals surface area contributed by atoms with Crippen molar-refractivity contribution in [2.45, 2.75) is 39.7 Å². The number of nitrogens with one attached hydrogen (secondary N) is 2. The molecule has 0 aliphatic carbocycles. The van der Waals surface area contributed by atoms with Crippen molar-refractivity contribution in [1.82, 2.24) is 15.6 Å². The molecule has 1 aromatic heterocycles. The Morgan fingerprint density at radius 3 is 2.70 bits per heavy atom. The molecule has 0 bridgehead atoms. The van der Waals surface area contributed by atoms with Gasteiger partial charge in [-0.25, -0.2) is 8.42 Å². The van der Waals surface area contributed by atoms with Crippen molar-refractivity contribution in [3.8, 4) is 0 Å². The first-order valence-electron chi connectivity index (χ1n) is 7.94. The molecule has 1 heterocycles.